The van der Waals surface area contributed by atoms with E-state index in [0.717, 1.165) is 30.6 Å². The normalized spacial score (nSPS) is 15.5. The predicted octanol–water partition coefficient (Wildman–Crippen LogP) is 2.91. The van der Waals surface area contributed by atoms with Crippen molar-refractivity contribution in [1.29, 1.82) is 0 Å². The lowest BCUT2D eigenvalue weighted by Gasteiger charge is -2.33. The maximum Gasteiger partial charge on any atom is 0.323 e. The second-order valence-electron chi connectivity index (χ2n) is 7.61. The Morgan fingerprint density at radius 1 is 1.15 bits per heavy atom. The molecule has 1 unspecified atom stereocenters. The zero-order chi connectivity index (χ0) is 19.4. The van der Waals surface area contributed by atoms with Crippen LogP contribution in [0.15, 0.2) is 48.8 Å². The Morgan fingerprint density at radius 2 is 1.89 bits per heavy atom. The summed E-state index contributed by atoms with van der Waals surface area (Å²) in [5.74, 6) is -1.99. The van der Waals surface area contributed by atoms with E-state index in [4.69, 9.17) is 4.74 Å². The van der Waals surface area contributed by atoms with Crippen LogP contribution in [0, 0.1) is 0 Å². The van der Waals surface area contributed by atoms with Gasteiger partial charge in [-0.25, -0.2) is 5.01 Å². The van der Waals surface area contributed by atoms with Crippen LogP contribution in [0.1, 0.15) is 38.7 Å². The minimum Gasteiger partial charge on any atom is -0.459 e. The van der Waals surface area contributed by atoms with E-state index in [9.17, 15) is 9.59 Å². The van der Waals surface area contributed by atoms with Gasteiger partial charge in [0.2, 0.25) is 0 Å². The summed E-state index contributed by atoms with van der Waals surface area (Å²) < 4.78 is 5.57. The van der Waals surface area contributed by atoms with Gasteiger partial charge in [-0.05, 0) is 44.4 Å². The number of hydrazine groups is 1. The van der Waals surface area contributed by atoms with Crippen LogP contribution in [0.3, 0.4) is 0 Å². The summed E-state index contributed by atoms with van der Waals surface area (Å²) in [7, 11) is 0. The zero-order valence-corrected chi connectivity index (χ0v) is 15.9. The molecule has 0 saturated carbocycles. The van der Waals surface area contributed by atoms with Gasteiger partial charge in [-0.1, -0.05) is 30.3 Å². The molecule has 3 rings (SSSR count). The molecule has 1 aromatic heterocycles. The summed E-state index contributed by atoms with van der Waals surface area (Å²) in [6, 6.07) is 11.1. The van der Waals surface area contributed by atoms with Gasteiger partial charge in [-0.15, -0.1) is 0 Å². The summed E-state index contributed by atoms with van der Waals surface area (Å²) >= 11 is 0. The molecule has 1 fully saturated rings. The van der Waals surface area contributed by atoms with E-state index in [-0.39, 0.29) is 5.91 Å². The molecular formula is C21H25N3O3. The van der Waals surface area contributed by atoms with Crippen molar-refractivity contribution < 1.29 is 14.3 Å². The Morgan fingerprint density at radius 3 is 2.48 bits per heavy atom. The molecule has 142 valence electrons. The standard InChI is InChI=1S/C21H25N3O3/c1-21(2,3)27-20(26)18(19(25)23-24-12-7-13-24)17-10-5-4-9-16(17)15-8-6-11-22-14-15/h4-6,8-11,14,18H,7,12-13H2,1-3H3,(H,23,25). The fourth-order valence-corrected chi connectivity index (χ4v) is 2.92. The van der Waals surface area contributed by atoms with Crippen molar-refractivity contribution in [3.63, 3.8) is 0 Å². The highest BCUT2D eigenvalue weighted by molar-refractivity contribution is 6.04. The van der Waals surface area contributed by atoms with Crippen LogP contribution in [-0.4, -0.2) is 40.6 Å². The largest absolute Gasteiger partial charge is 0.459 e. The number of ether oxygens (including phenoxy) is 1. The smallest absolute Gasteiger partial charge is 0.323 e. The Hall–Kier alpha value is -2.73. The number of hydrogen-bond acceptors (Lipinski definition) is 5. The van der Waals surface area contributed by atoms with Gasteiger partial charge in [0, 0.05) is 31.0 Å². The summed E-state index contributed by atoms with van der Waals surface area (Å²) in [5.41, 5.74) is 4.40. The molecule has 1 N–H and O–H groups in total. The monoisotopic (exact) mass is 367 g/mol. The van der Waals surface area contributed by atoms with E-state index in [1.165, 1.54) is 0 Å². The predicted molar refractivity (Wildman–Crippen MR) is 103 cm³/mol. The first kappa shape index (κ1) is 19.0. The van der Waals surface area contributed by atoms with E-state index < -0.39 is 17.5 Å². The third-order valence-corrected chi connectivity index (χ3v) is 4.27. The molecule has 2 aromatic rings. The minimum absolute atomic E-state index is 0.375. The van der Waals surface area contributed by atoms with Gasteiger partial charge in [0.25, 0.3) is 5.91 Å². The Bertz CT molecular complexity index is 811. The molecule has 2 heterocycles. The van der Waals surface area contributed by atoms with Crippen LogP contribution < -0.4 is 5.43 Å². The molecule has 0 radical (unpaired) electrons. The Labute approximate surface area is 159 Å². The van der Waals surface area contributed by atoms with Crippen LogP contribution in [0.2, 0.25) is 0 Å². The SMILES string of the molecule is CC(C)(C)OC(=O)C(C(=O)NN1CCC1)c1ccccc1-c1cccnc1. The lowest BCUT2D eigenvalue weighted by atomic mass is 9.90. The fraction of sp³-hybridized carbons (Fsp3) is 0.381. The molecule has 1 aliphatic heterocycles. The highest BCUT2D eigenvalue weighted by Gasteiger charge is 2.36. The van der Waals surface area contributed by atoms with Crippen LogP contribution >= 0.6 is 0 Å². The second kappa shape index (κ2) is 7.88. The molecule has 1 aliphatic rings. The van der Waals surface area contributed by atoms with E-state index in [1.54, 1.807) is 39.2 Å². The highest BCUT2D eigenvalue weighted by atomic mass is 16.6. The molecule has 6 heteroatoms. The van der Waals surface area contributed by atoms with Gasteiger partial charge in [0.05, 0.1) is 0 Å². The fourth-order valence-electron chi connectivity index (χ4n) is 2.92. The van der Waals surface area contributed by atoms with Gasteiger partial charge in [0.15, 0.2) is 5.92 Å². The van der Waals surface area contributed by atoms with E-state index in [1.807, 2.05) is 35.3 Å². The van der Waals surface area contributed by atoms with Crippen LogP contribution in [-0.2, 0) is 14.3 Å². The van der Waals surface area contributed by atoms with E-state index in [2.05, 4.69) is 10.4 Å². The molecule has 0 aliphatic carbocycles. The van der Waals surface area contributed by atoms with Gasteiger partial charge in [0.1, 0.15) is 5.60 Å². The van der Waals surface area contributed by atoms with Crippen molar-refractivity contribution in [3.05, 3.63) is 54.4 Å². The van der Waals surface area contributed by atoms with Gasteiger partial charge in [-0.2, -0.15) is 0 Å². The third kappa shape index (κ3) is 4.71. The van der Waals surface area contributed by atoms with Crippen LogP contribution in [0.4, 0.5) is 0 Å². The lowest BCUT2D eigenvalue weighted by Crippen LogP contribution is -2.52. The third-order valence-electron chi connectivity index (χ3n) is 4.27. The van der Waals surface area contributed by atoms with Gasteiger partial charge in [-0.3, -0.25) is 20.0 Å². The van der Waals surface area contributed by atoms with Crippen LogP contribution in [0.5, 0.6) is 0 Å². The van der Waals surface area contributed by atoms with Crippen molar-refractivity contribution in [3.8, 4) is 11.1 Å². The number of aromatic nitrogens is 1. The average Bonchev–Trinajstić information content (AvgIpc) is 2.58. The molecule has 1 amide bonds. The summed E-state index contributed by atoms with van der Waals surface area (Å²) in [4.78, 5) is 30.1. The molecule has 6 nitrogen and oxygen atoms in total. The molecule has 1 atom stereocenters. The first-order valence-electron chi connectivity index (χ1n) is 9.13. The van der Waals surface area contributed by atoms with Crippen molar-refractivity contribution in [1.82, 2.24) is 15.4 Å². The summed E-state index contributed by atoms with van der Waals surface area (Å²) in [6.07, 6.45) is 4.44. The van der Waals surface area contributed by atoms with Crippen molar-refractivity contribution in [2.75, 3.05) is 13.1 Å². The van der Waals surface area contributed by atoms with Gasteiger partial charge >= 0.3 is 5.97 Å². The Kier molecular flexibility index (Phi) is 5.56. The van der Waals surface area contributed by atoms with E-state index in [0.29, 0.717) is 5.56 Å². The number of rotatable bonds is 5. The van der Waals surface area contributed by atoms with Crippen molar-refractivity contribution in [2.45, 2.75) is 38.7 Å². The molecule has 1 saturated heterocycles. The van der Waals surface area contributed by atoms with Crippen molar-refractivity contribution in [2.24, 2.45) is 0 Å². The molecule has 0 spiro atoms. The quantitative estimate of drug-likeness (QED) is 0.650. The topological polar surface area (TPSA) is 71.5 Å². The van der Waals surface area contributed by atoms with Crippen LogP contribution in [0.25, 0.3) is 11.1 Å². The first-order chi connectivity index (χ1) is 12.8. The number of nitrogens with one attached hydrogen (secondary N) is 1. The molecule has 27 heavy (non-hydrogen) atoms. The maximum absolute atomic E-state index is 13.0. The molecule has 0 bridgehead atoms. The van der Waals surface area contributed by atoms with Crippen molar-refractivity contribution >= 4 is 11.9 Å². The number of esters is 1. The minimum atomic E-state index is -1.05. The summed E-state index contributed by atoms with van der Waals surface area (Å²) in [5, 5.41) is 1.81. The molecular weight excluding hydrogens is 342 g/mol. The number of nitrogens with zero attached hydrogens (tertiary/aromatic N) is 2. The number of amides is 1. The zero-order valence-electron chi connectivity index (χ0n) is 15.9. The average molecular weight is 367 g/mol. The Balaban J connectivity index is 1.99. The number of carbonyl (C=O) groups excluding carboxylic acids is 2. The highest BCUT2D eigenvalue weighted by Crippen LogP contribution is 2.31. The number of carbonyl (C=O) groups is 2. The number of benzene rings is 1. The maximum atomic E-state index is 13.0. The second-order valence-corrected chi connectivity index (χ2v) is 7.61. The lowest BCUT2D eigenvalue weighted by molar-refractivity contribution is -0.159. The van der Waals surface area contributed by atoms with Gasteiger partial charge < -0.3 is 4.74 Å². The van der Waals surface area contributed by atoms with E-state index >= 15 is 0 Å². The number of pyridine rings is 1. The molecule has 1 aromatic carbocycles. The summed E-state index contributed by atoms with van der Waals surface area (Å²) in [6.45, 7) is 6.96. The number of hydrogen-bond donors (Lipinski definition) is 1. The first-order valence-corrected chi connectivity index (χ1v) is 9.13.